The van der Waals surface area contributed by atoms with Crippen LogP contribution >= 0.6 is 11.6 Å². The molecule has 0 bridgehead atoms. The van der Waals surface area contributed by atoms with Gasteiger partial charge in [0.25, 0.3) is 15.9 Å². The number of rotatable bonds is 7. The Labute approximate surface area is 180 Å². The largest absolute Gasteiger partial charge is 0.482 e. The fourth-order valence-corrected chi connectivity index (χ4v) is 3.82. The molecule has 0 spiro atoms. The molecule has 0 atom stereocenters. The van der Waals surface area contributed by atoms with E-state index < -0.39 is 45.7 Å². The van der Waals surface area contributed by atoms with Crippen LogP contribution in [0.25, 0.3) is 0 Å². The van der Waals surface area contributed by atoms with Gasteiger partial charge >= 0.3 is 0 Å². The third kappa shape index (κ3) is 5.47. The lowest BCUT2D eigenvalue weighted by Gasteiger charge is -2.12. The minimum atomic E-state index is -3.91. The van der Waals surface area contributed by atoms with Gasteiger partial charge in [0.1, 0.15) is 5.75 Å². The monoisotopic (exact) mass is 470 g/mol. The number of hydrogen-bond acceptors (Lipinski definition) is 4. The highest BCUT2D eigenvalue weighted by molar-refractivity contribution is 7.92. The van der Waals surface area contributed by atoms with Crippen molar-refractivity contribution in [2.24, 2.45) is 0 Å². The molecule has 0 radical (unpaired) electrons. The highest BCUT2D eigenvalue weighted by Crippen LogP contribution is 2.28. The number of amides is 1. The van der Waals surface area contributed by atoms with Crippen molar-refractivity contribution in [1.82, 2.24) is 0 Å². The van der Waals surface area contributed by atoms with E-state index >= 15 is 0 Å². The van der Waals surface area contributed by atoms with E-state index in [0.29, 0.717) is 11.8 Å². The zero-order valence-electron chi connectivity index (χ0n) is 15.5. The second-order valence-electron chi connectivity index (χ2n) is 6.12. The molecule has 0 saturated carbocycles. The van der Waals surface area contributed by atoms with Crippen molar-refractivity contribution < 1.29 is 31.1 Å². The molecule has 31 heavy (non-hydrogen) atoms. The minimum Gasteiger partial charge on any atom is -0.482 e. The summed E-state index contributed by atoms with van der Waals surface area (Å²) in [6.07, 6.45) is 0. The summed E-state index contributed by atoms with van der Waals surface area (Å²) in [6, 6.07) is 13.3. The molecule has 0 aliphatic carbocycles. The molecule has 6 nitrogen and oxygen atoms in total. The van der Waals surface area contributed by atoms with Gasteiger partial charge in [0.2, 0.25) is 0 Å². The van der Waals surface area contributed by atoms with Crippen molar-refractivity contribution in [3.05, 3.63) is 83.1 Å². The van der Waals surface area contributed by atoms with E-state index in [4.69, 9.17) is 16.3 Å². The zero-order chi connectivity index (χ0) is 22.6. The molecular weight excluding hydrogens is 457 g/mol. The molecule has 0 saturated heterocycles. The van der Waals surface area contributed by atoms with Crippen molar-refractivity contribution in [2.45, 2.75) is 4.90 Å². The van der Waals surface area contributed by atoms with Gasteiger partial charge in [-0.15, -0.1) is 0 Å². The Kier molecular flexibility index (Phi) is 6.71. The van der Waals surface area contributed by atoms with Crippen LogP contribution in [0.2, 0.25) is 5.02 Å². The molecular formula is C20H14ClF3N2O4S. The predicted molar refractivity (Wildman–Crippen MR) is 109 cm³/mol. The molecule has 0 fully saturated rings. The standard InChI is InChI=1S/C20H14ClF3N2O4S/c21-14-10-13(31(28,29)26-12-4-2-1-3-5-12)6-9-17(14)30-11-18(27)25-16-8-7-15(22)19(23)20(16)24/h1-10,26H,11H2,(H,25,27). The lowest BCUT2D eigenvalue weighted by molar-refractivity contribution is -0.118. The number of ether oxygens (including phenoxy) is 1. The summed E-state index contributed by atoms with van der Waals surface area (Å²) in [5.41, 5.74) is -0.202. The van der Waals surface area contributed by atoms with Gasteiger partial charge in [0.15, 0.2) is 24.1 Å². The van der Waals surface area contributed by atoms with Crippen molar-refractivity contribution in [2.75, 3.05) is 16.6 Å². The molecule has 3 aromatic rings. The topological polar surface area (TPSA) is 84.5 Å². The summed E-state index contributed by atoms with van der Waals surface area (Å²) in [6.45, 7) is -0.646. The number of carbonyl (C=O) groups is 1. The molecule has 0 aliphatic rings. The smallest absolute Gasteiger partial charge is 0.262 e. The van der Waals surface area contributed by atoms with Gasteiger partial charge in [-0.1, -0.05) is 29.8 Å². The molecule has 3 aromatic carbocycles. The van der Waals surface area contributed by atoms with Crippen molar-refractivity contribution in [3.63, 3.8) is 0 Å². The van der Waals surface area contributed by atoms with Crippen LogP contribution in [0.3, 0.4) is 0 Å². The van der Waals surface area contributed by atoms with Gasteiger partial charge in [-0.3, -0.25) is 9.52 Å². The molecule has 162 valence electrons. The van der Waals surface area contributed by atoms with Gasteiger partial charge in [-0.05, 0) is 42.5 Å². The van der Waals surface area contributed by atoms with Crippen LogP contribution in [0.4, 0.5) is 24.5 Å². The highest BCUT2D eigenvalue weighted by atomic mass is 35.5. The zero-order valence-corrected chi connectivity index (χ0v) is 17.1. The van der Waals surface area contributed by atoms with Crippen LogP contribution in [0.1, 0.15) is 0 Å². The van der Waals surface area contributed by atoms with E-state index in [-0.39, 0.29) is 15.7 Å². The Bertz CT molecular complexity index is 1220. The van der Waals surface area contributed by atoms with Crippen LogP contribution in [0, 0.1) is 17.5 Å². The molecule has 2 N–H and O–H groups in total. The SMILES string of the molecule is O=C(COc1ccc(S(=O)(=O)Nc2ccccc2)cc1Cl)Nc1ccc(F)c(F)c1F. The third-order valence-electron chi connectivity index (χ3n) is 3.91. The number of sulfonamides is 1. The van der Waals surface area contributed by atoms with E-state index in [2.05, 4.69) is 4.72 Å². The fourth-order valence-electron chi connectivity index (χ4n) is 2.44. The first-order valence-electron chi connectivity index (χ1n) is 8.61. The number of carbonyl (C=O) groups excluding carboxylic acids is 1. The average molecular weight is 471 g/mol. The molecule has 11 heteroatoms. The van der Waals surface area contributed by atoms with E-state index in [1.807, 2.05) is 5.32 Å². The maximum absolute atomic E-state index is 13.6. The van der Waals surface area contributed by atoms with E-state index in [1.165, 1.54) is 12.1 Å². The van der Waals surface area contributed by atoms with E-state index in [1.54, 1.807) is 30.3 Å². The number of nitrogens with one attached hydrogen (secondary N) is 2. The van der Waals surface area contributed by atoms with Crippen molar-refractivity contribution >= 4 is 38.9 Å². The van der Waals surface area contributed by atoms with Crippen LogP contribution in [-0.2, 0) is 14.8 Å². The predicted octanol–water partition coefficient (Wildman–Crippen LogP) is 4.58. The lowest BCUT2D eigenvalue weighted by Crippen LogP contribution is -2.21. The molecule has 0 aromatic heterocycles. The Hall–Kier alpha value is -3.24. The van der Waals surface area contributed by atoms with Gasteiger partial charge in [-0.2, -0.15) is 0 Å². The highest BCUT2D eigenvalue weighted by Gasteiger charge is 2.18. The first-order valence-corrected chi connectivity index (χ1v) is 10.5. The second kappa shape index (κ2) is 9.27. The number of para-hydroxylation sites is 1. The number of benzene rings is 3. The van der Waals surface area contributed by atoms with Gasteiger partial charge in [-0.25, -0.2) is 21.6 Å². The Morgan fingerprint density at radius 3 is 2.35 bits per heavy atom. The Morgan fingerprint density at radius 2 is 1.68 bits per heavy atom. The average Bonchev–Trinajstić information content (AvgIpc) is 2.73. The Balaban J connectivity index is 1.65. The molecule has 0 unspecified atom stereocenters. The van der Waals surface area contributed by atoms with Crippen molar-refractivity contribution in [3.8, 4) is 5.75 Å². The Morgan fingerprint density at radius 1 is 0.968 bits per heavy atom. The molecule has 1 amide bonds. The minimum absolute atomic E-state index is 0.0127. The molecule has 3 rings (SSSR count). The number of anilines is 2. The van der Waals surface area contributed by atoms with Gasteiger partial charge in [0, 0.05) is 5.69 Å². The maximum atomic E-state index is 13.6. The number of hydrogen-bond donors (Lipinski definition) is 2. The third-order valence-corrected chi connectivity index (χ3v) is 5.58. The van der Waals surface area contributed by atoms with Gasteiger partial charge in [0.05, 0.1) is 15.6 Å². The van der Waals surface area contributed by atoms with Crippen LogP contribution in [0.5, 0.6) is 5.75 Å². The summed E-state index contributed by atoms with van der Waals surface area (Å²) in [5, 5.41) is 1.94. The normalized spacial score (nSPS) is 11.1. The first-order chi connectivity index (χ1) is 14.7. The maximum Gasteiger partial charge on any atom is 0.262 e. The van der Waals surface area contributed by atoms with E-state index in [0.717, 1.165) is 12.1 Å². The lowest BCUT2D eigenvalue weighted by atomic mass is 10.3. The summed E-state index contributed by atoms with van der Waals surface area (Å²) < 4.78 is 72.2. The molecule has 0 heterocycles. The molecule has 0 aliphatic heterocycles. The fraction of sp³-hybridized carbons (Fsp3) is 0.0500. The summed E-state index contributed by atoms with van der Waals surface area (Å²) in [4.78, 5) is 11.8. The first kappa shape index (κ1) is 22.4. The second-order valence-corrected chi connectivity index (χ2v) is 8.21. The van der Waals surface area contributed by atoms with E-state index in [9.17, 15) is 26.4 Å². The van der Waals surface area contributed by atoms with Crippen LogP contribution in [0.15, 0.2) is 65.6 Å². The van der Waals surface area contributed by atoms with Crippen LogP contribution in [-0.4, -0.2) is 20.9 Å². The van der Waals surface area contributed by atoms with Crippen LogP contribution < -0.4 is 14.8 Å². The number of halogens is 4. The summed E-state index contributed by atoms with van der Waals surface area (Å²) in [5.74, 6) is -5.55. The summed E-state index contributed by atoms with van der Waals surface area (Å²) in [7, 11) is -3.91. The van der Waals surface area contributed by atoms with Gasteiger partial charge < -0.3 is 10.1 Å². The summed E-state index contributed by atoms with van der Waals surface area (Å²) >= 11 is 6.05. The van der Waals surface area contributed by atoms with Crippen molar-refractivity contribution in [1.29, 1.82) is 0 Å². The quantitative estimate of drug-likeness (QED) is 0.495.